The maximum absolute atomic E-state index is 5.59. The molecule has 0 spiro atoms. The van der Waals surface area contributed by atoms with Crippen molar-refractivity contribution in [1.29, 1.82) is 0 Å². The van der Waals surface area contributed by atoms with E-state index >= 15 is 0 Å². The molecule has 0 atom stereocenters. The van der Waals surface area contributed by atoms with Crippen molar-refractivity contribution >= 4 is 15.9 Å². The highest BCUT2D eigenvalue weighted by Crippen LogP contribution is 2.17. The van der Waals surface area contributed by atoms with Gasteiger partial charge < -0.3 is 14.8 Å². The molecule has 1 rings (SSSR count). The van der Waals surface area contributed by atoms with Crippen LogP contribution in [0.5, 0.6) is 5.75 Å². The number of rotatable bonds is 8. The van der Waals surface area contributed by atoms with Gasteiger partial charge in [0.2, 0.25) is 0 Å². The van der Waals surface area contributed by atoms with Crippen molar-refractivity contribution in [1.82, 2.24) is 5.32 Å². The van der Waals surface area contributed by atoms with Gasteiger partial charge in [-0.1, -0.05) is 22.0 Å². The molecular formula is C12H18BrNO2. The second kappa shape index (κ2) is 8.56. The van der Waals surface area contributed by atoms with Gasteiger partial charge in [0.1, 0.15) is 5.75 Å². The summed E-state index contributed by atoms with van der Waals surface area (Å²) in [6.07, 6.45) is 0.996. The van der Waals surface area contributed by atoms with Crippen molar-refractivity contribution in [3.63, 3.8) is 0 Å². The molecule has 1 aromatic carbocycles. The largest absolute Gasteiger partial charge is 0.494 e. The summed E-state index contributed by atoms with van der Waals surface area (Å²) in [5.74, 6) is 0.909. The molecule has 0 aliphatic rings. The molecule has 0 bridgehead atoms. The topological polar surface area (TPSA) is 30.5 Å². The molecule has 90 valence electrons. The van der Waals surface area contributed by atoms with Gasteiger partial charge in [0.05, 0.1) is 13.2 Å². The van der Waals surface area contributed by atoms with Crippen LogP contribution >= 0.6 is 15.9 Å². The van der Waals surface area contributed by atoms with Crippen molar-refractivity contribution in [3.8, 4) is 5.75 Å². The summed E-state index contributed by atoms with van der Waals surface area (Å²) in [5, 5.41) is 3.27. The molecule has 3 nitrogen and oxygen atoms in total. The number of methoxy groups -OCH3 is 1. The predicted molar refractivity (Wildman–Crippen MR) is 69.0 cm³/mol. The molecule has 16 heavy (non-hydrogen) atoms. The number of hydrogen-bond acceptors (Lipinski definition) is 3. The van der Waals surface area contributed by atoms with Gasteiger partial charge in [0, 0.05) is 18.1 Å². The molecule has 0 unspecified atom stereocenters. The Balaban J connectivity index is 2.03. The number of halogens is 1. The van der Waals surface area contributed by atoms with Gasteiger partial charge in [0.25, 0.3) is 0 Å². The fourth-order valence-electron chi connectivity index (χ4n) is 1.24. The van der Waals surface area contributed by atoms with E-state index in [4.69, 9.17) is 9.47 Å². The molecule has 0 heterocycles. The van der Waals surface area contributed by atoms with E-state index < -0.39 is 0 Å². The van der Waals surface area contributed by atoms with Gasteiger partial charge in [-0.2, -0.15) is 0 Å². The normalized spacial score (nSPS) is 10.4. The lowest BCUT2D eigenvalue weighted by Gasteiger charge is -2.07. The zero-order valence-electron chi connectivity index (χ0n) is 9.54. The zero-order valence-corrected chi connectivity index (χ0v) is 11.1. The highest BCUT2D eigenvalue weighted by atomic mass is 79.9. The lowest BCUT2D eigenvalue weighted by molar-refractivity contribution is 0.198. The summed E-state index contributed by atoms with van der Waals surface area (Å²) < 4.78 is 11.6. The second-order valence-electron chi connectivity index (χ2n) is 3.40. The van der Waals surface area contributed by atoms with Crippen LogP contribution in [0.15, 0.2) is 28.7 Å². The van der Waals surface area contributed by atoms with Crippen LogP contribution in [0.3, 0.4) is 0 Å². The Labute approximate surface area is 105 Å². The summed E-state index contributed by atoms with van der Waals surface area (Å²) in [4.78, 5) is 0. The molecule has 0 radical (unpaired) electrons. The fourth-order valence-corrected chi connectivity index (χ4v) is 1.62. The highest BCUT2D eigenvalue weighted by molar-refractivity contribution is 9.10. The van der Waals surface area contributed by atoms with Gasteiger partial charge in [0.15, 0.2) is 0 Å². The molecule has 1 aromatic rings. The standard InChI is InChI=1S/C12H18BrNO2/c1-15-9-7-14-6-3-8-16-12-5-2-4-11(13)10-12/h2,4-5,10,14H,3,6-9H2,1H3. The summed E-state index contributed by atoms with van der Waals surface area (Å²) in [6.45, 7) is 3.34. The van der Waals surface area contributed by atoms with Crippen molar-refractivity contribution in [2.24, 2.45) is 0 Å². The number of hydrogen-bond donors (Lipinski definition) is 1. The minimum Gasteiger partial charge on any atom is -0.494 e. The van der Waals surface area contributed by atoms with E-state index in [1.54, 1.807) is 7.11 Å². The van der Waals surface area contributed by atoms with Crippen LogP contribution in [0.25, 0.3) is 0 Å². The predicted octanol–water partition coefficient (Wildman–Crippen LogP) is 2.45. The molecule has 0 fully saturated rings. The van der Waals surface area contributed by atoms with Crippen molar-refractivity contribution < 1.29 is 9.47 Å². The van der Waals surface area contributed by atoms with E-state index in [9.17, 15) is 0 Å². The summed E-state index contributed by atoms with van der Waals surface area (Å²) >= 11 is 3.41. The van der Waals surface area contributed by atoms with Crippen LogP contribution in [0, 0.1) is 0 Å². The average molecular weight is 288 g/mol. The Morgan fingerprint density at radius 3 is 2.88 bits per heavy atom. The molecule has 0 amide bonds. The number of nitrogens with one attached hydrogen (secondary N) is 1. The number of ether oxygens (including phenoxy) is 2. The van der Waals surface area contributed by atoms with Crippen molar-refractivity contribution in [2.75, 3.05) is 33.4 Å². The highest BCUT2D eigenvalue weighted by Gasteiger charge is 1.94. The molecule has 1 N–H and O–H groups in total. The molecule has 0 aliphatic heterocycles. The molecule has 0 aliphatic carbocycles. The van der Waals surface area contributed by atoms with Crippen LogP contribution < -0.4 is 10.1 Å². The zero-order chi connectivity index (χ0) is 11.6. The smallest absolute Gasteiger partial charge is 0.120 e. The Hall–Kier alpha value is -0.580. The molecule has 0 saturated heterocycles. The Morgan fingerprint density at radius 1 is 1.25 bits per heavy atom. The molecule has 0 saturated carbocycles. The van der Waals surface area contributed by atoms with E-state index in [-0.39, 0.29) is 0 Å². The SMILES string of the molecule is COCCNCCCOc1cccc(Br)c1. The molecular weight excluding hydrogens is 270 g/mol. The maximum Gasteiger partial charge on any atom is 0.120 e. The van der Waals surface area contributed by atoms with E-state index in [1.807, 2.05) is 24.3 Å². The Morgan fingerprint density at radius 2 is 2.12 bits per heavy atom. The first-order chi connectivity index (χ1) is 7.83. The maximum atomic E-state index is 5.59. The first-order valence-electron chi connectivity index (χ1n) is 5.41. The second-order valence-corrected chi connectivity index (χ2v) is 4.32. The van der Waals surface area contributed by atoms with Crippen LogP contribution in [0.1, 0.15) is 6.42 Å². The third kappa shape index (κ3) is 6.10. The fraction of sp³-hybridized carbons (Fsp3) is 0.500. The monoisotopic (exact) mass is 287 g/mol. The van der Waals surface area contributed by atoms with E-state index in [1.165, 1.54) is 0 Å². The van der Waals surface area contributed by atoms with Crippen molar-refractivity contribution in [3.05, 3.63) is 28.7 Å². The van der Waals surface area contributed by atoms with E-state index in [0.717, 1.165) is 42.9 Å². The van der Waals surface area contributed by atoms with Gasteiger partial charge in [-0.25, -0.2) is 0 Å². The van der Waals surface area contributed by atoms with Crippen LogP contribution in [0.2, 0.25) is 0 Å². The minimum atomic E-state index is 0.733. The third-order valence-electron chi connectivity index (χ3n) is 2.05. The van der Waals surface area contributed by atoms with Crippen LogP contribution in [0.4, 0.5) is 0 Å². The van der Waals surface area contributed by atoms with Crippen LogP contribution in [-0.2, 0) is 4.74 Å². The van der Waals surface area contributed by atoms with E-state index in [2.05, 4.69) is 21.2 Å². The van der Waals surface area contributed by atoms with Crippen LogP contribution in [-0.4, -0.2) is 33.4 Å². The van der Waals surface area contributed by atoms with Gasteiger partial charge in [-0.05, 0) is 31.2 Å². The lowest BCUT2D eigenvalue weighted by atomic mass is 10.3. The number of benzene rings is 1. The lowest BCUT2D eigenvalue weighted by Crippen LogP contribution is -2.21. The average Bonchev–Trinajstić information content (AvgIpc) is 2.28. The summed E-state index contributed by atoms with van der Waals surface area (Å²) in [6, 6.07) is 7.89. The van der Waals surface area contributed by atoms with Gasteiger partial charge >= 0.3 is 0 Å². The summed E-state index contributed by atoms with van der Waals surface area (Å²) in [7, 11) is 1.71. The minimum absolute atomic E-state index is 0.733. The third-order valence-corrected chi connectivity index (χ3v) is 2.54. The first-order valence-corrected chi connectivity index (χ1v) is 6.20. The van der Waals surface area contributed by atoms with Gasteiger partial charge in [-0.15, -0.1) is 0 Å². The molecule has 4 heteroatoms. The van der Waals surface area contributed by atoms with E-state index in [0.29, 0.717) is 0 Å². The van der Waals surface area contributed by atoms with Gasteiger partial charge in [-0.3, -0.25) is 0 Å². The summed E-state index contributed by atoms with van der Waals surface area (Å²) in [5.41, 5.74) is 0. The molecule has 0 aromatic heterocycles. The van der Waals surface area contributed by atoms with Crippen molar-refractivity contribution in [2.45, 2.75) is 6.42 Å². The quantitative estimate of drug-likeness (QED) is 0.745. The first kappa shape index (κ1) is 13.5. The Bertz CT molecular complexity index is 294. The Kier molecular flexibility index (Phi) is 7.21.